The first-order valence-electron chi connectivity index (χ1n) is 34.4. The molecule has 0 radical (unpaired) electrons. The Balaban J connectivity index is 0.00000732. The second-order valence-corrected chi connectivity index (χ2v) is 26.3. The molecule has 0 saturated carbocycles. The van der Waals surface area contributed by atoms with Crippen molar-refractivity contribution in [3.05, 3.63) is 262 Å². The molecule has 11 heterocycles. The number of rotatable bonds is 2. The van der Waals surface area contributed by atoms with E-state index < -0.39 is 11.3 Å². The number of carbonyl (C=O) groups excluding carboxylic acids is 2. The summed E-state index contributed by atoms with van der Waals surface area (Å²) < 4.78 is 55.4. The second kappa shape index (κ2) is 24.6. The van der Waals surface area contributed by atoms with Crippen LogP contribution in [0.2, 0.25) is 0 Å². The third-order valence-corrected chi connectivity index (χ3v) is 20.8. The van der Waals surface area contributed by atoms with E-state index in [1.807, 2.05) is 250 Å². The number of ether oxygens (including phenoxy) is 8. The minimum atomic E-state index is -1.47. The van der Waals surface area contributed by atoms with Crippen molar-refractivity contribution in [3.8, 4) is 90.5 Å². The van der Waals surface area contributed by atoms with Crippen LogP contribution in [0, 0.1) is 0 Å². The van der Waals surface area contributed by atoms with Gasteiger partial charge in [-0.3, -0.25) is 19.6 Å². The Morgan fingerprint density at radius 2 is 0.524 bits per heavy atom. The van der Waals surface area contributed by atoms with Gasteiger partial charge in [0.1, 0.15) is 75.9 Å². The van der Waals surface area contributed by atoms with E-state index in [-0.39, 0.29) is 111 Å². The van der Waals surface area contributed by atoms with Crippen molar-refractivity contribution >= 4 is 58.4 Å². The topological polar surface area (TPSA) is 175 Å². The molecule has 0 N–H and O–H groups in total. The molecule has 0 unspecified atom stereocenters. The van der Waals surface area contributed by atoms with E-state index in [0.717, 1.165) is 55.6 Å². The minimum absolute atomic E-state index is 0. The van der Waals surface area contributed by atoms with Gasteiger partial charge in [0.25, 0.3) is 0 Å². The molecule has 500 valence electrons. The second-order valence-electron chi connectivity index (χ2n) is 26.3. The quantitative estimate of drug-likeness (QED) is 0.149. The number of hydrogen-bond acceptors (Lipinski definition) is 12. The molecule has 19 rings (SSSR count). The Labute approximate surface area is 604 Å². The van der Waals surface area contributed by atoms with Crippen LogP contribution in [-0.4, -0.2) is 94.5 Å². The molecule has 8 aliphatic heterocycles. The van der Waals surface area contributed by atoms with Gasteiger partial charge >= 0.3 is 31.5 Å². The van der Waals surface area contributed by atoms with Gasteiger partial charge in [0.05, 0.1) is 49.0 Å². The Morgan fingerprint density at radius 3 is 0.786 bits per heavy atom. The standard InChI is InChI=1S/C84H62N8O10.Zn/c93-81-89-47-51-43-73-74-44-52(51)48-90-82(94)92-50-53-45-75-76(46-54(53)49-91(81)84(92,56-17-5-2-6-18-56)83(89,90)55-15-3-1-4-16-55)102-42-38-98-72-26-14-10-22-60(72)80-64-30-29-63(86-64)79(59-21-9-13-25-71(59)97-37-41-101-75)67-33-31-65(87-67)77(57-19-7-11-23-69(57)95-35-39-99-73)61-27-28-62(85-61)78(66-32-34-68(80)88-66)58-20-8-12-24-70(58)96-36-40-100-74;/h1-34,43-46H,35-42,47-50H2;/q-2;+2. The number of carbonyl (C=O) groups is 2. The van der Waals surface area contributed by atoms with Crippen molar-refractivity contribution < 1.29 is 67.0 Å². The number of aromatic nitrogens is 4. The van der Waals surface area contributed by atoms with E-state index in [2.05, 4.69) is 0 Å². The summed E-state index contributed by atoms with van der Waals surface area (Å²) in [5.74, 6) is 3.97. The van der Waals surface area contributed by atoms with Gasteiger partial charge in [0.2, 0.25) is 0 Å². The summed E-state index contributed by atoms with van der Waals surface area (Å²) in [6.07, 6.45) is 8.11. The van der Waals surface area contributed by atoms with Crippen LogP contribution in [0.5, 0.6) is 46.0 Å². The minimum Gasteiger partial charge on any atom is -0.657 e. The fourth-order valence-corrected chi connectivity index (χ4v) is 16.6. The molecular weight excluding hydrogens is 1350 g/mol. The molecule has 19 heteroatoms. The largest absolute Gasteiger partial charge is 2.00 e. The molecule has 12 bridgehead atoms. The van der Waals surface area contributed by atoms with E-state index in [9.17, 15) is 0 Å². The first-order valence-corrected chi connectivity index (χ1v) is 34.4. The predicted octanol–water partition coefficient (Wildman–Crippen LogP) is 15.3. The fraction of sp³-hybridized carbons (Fsp3) is 0.167. The zero-order valence-electron chi connectivity index (χ0n) is 55.8. The Morgan fingerprint density at radius 1 is 0.291 bits per heavy atom. The van der Waals surface area contributed by atoms with Crippen molar-refractivity contribution in [3.63, 3.8) is 0 Å². The van der Waals surface area contributed by atoms with Gasteiger partial charge in [0.15, 0.2) is 34.3 Å². The third kappa shape index (κ3) is 9.61. The van der Waals surface area contributed by atoms with Crippen LogP contribution in [0.25, 0.3) is 90.9 Å². The first-order chi connectivity index (χ1) is 50.4. The van der Waals surface area contributed by atoms with Crippen molar-refractivity contribution in [1.29, 1.82) is 0 Å². The number of amides is 4. The molecule has 8 aromatic carbocycles. The van der Waals surface area contributed by atoms with Crippen LogP contribution in [0.1, 0.15) is 56.2 Å². The summed E-state index contributed by atoms with van der Waals surface area (Å²) in [6.45, 7) is 1.09. The Bertz CT molecular complexity index is 4960. The summed E-state index contributed by atoms with van der Waals surface area (Å²) in [6, 6.07) is 67.1. The maximum absolute atomic E-state index is 16.7. The van der Waals surface area contributed by atoms with Gasteiger partial charge in [-0.1, -0.05) is 158 Å². The van der Waals surface area contributed by atoms with Crippen molar-refractivity contribution in [1.82, 2.24) is 39.5 Å². The van der Waals surface area contributed by atoms with E-state index in [4.69, 9.17) is 57.8 Å². The first kappa shape index (κ1) is 62.0. The van der Waals surface area contributed by atoms with Gasteiger partial charge in [-0.2, -0.15) is 0 Å². The summed E-state index contributed by atoms with van der Waals surface area (Å²) in [7, 11) is 0. The molecule has 4 amide bonds. The monoisotopic (exact) mass is 1410 g/mol. The summed E-state index contributed by atoms with van der Waals surface area (Å²) in [5, 5.41) is 0. The van der Waals surface area contributed by atoms with Gasteiger partial charge < -0.3 is 47.9 Å². The van der Waals surface area contributed by atoms with Crippen molar-refractivity contribution in [2.24, 2.45) is 0 Å². The van der Waals surface area contributed by atoms with Gasteiger partial charge in [-0.05, 0) is 117 Å². The molecule has 11 aromatic rings. The number of para-hydroxylation sites is 4. The van der Waals surface area contributed by atoms with E-state index >= 15 is 9.59 Å². The van der Waals surface area contributed by atoms with Crippen LogP contribution >= 0.6 is 0 Å². The maximum Gasteiger partial charge on any atom is 2.00 e. The number of benzene rings is 8. The molecule has 8 aliphatic rings. The molecular formula is C84H62N8O10Zn. The zero-order valence-corrected chi connectivity index (χ0v) is 58.8. The molecule has 0 atom stereocenters. The summed E-state index contributed by atoms with van der Waals surface area (Å²) >= 11 is 0. The van der Waals surface area contributed by atoms with Crippen LogP contribution < -0.4 is 47.9 Å². The number of hydrogen-bond donors (Lipinski definition) is 0. The van der Waals surface area contributed by atoms with Crippen LogP contribution in [0.15, 0.2) is 206 Å². The summed E-state index contributed by atoms with van der Waals surface area (Å²) in [5.41, 5.74) is 12.6. The normalized spacial score (nSPS) is 18.7. The van der Waals surface area contributed by atoms with Crippen LogP contribution in [0.3, 0.4) is 0 Å². The molecule has 3 aromatic heterocycles. The smallest absolute Gasteiger partial charge is 0.657 e. The number of nitrogens with zero attached hydrogens (tertiary/aromatic N) is 8. The average molecular weight is 1410 g/mol. The van der Waals surface area contributed by atoms with Crippen LogP contribution in [-0.2, 0) is 57.0 Å². The molecule has 103 heavy (non-hydrogen) atoms. The average Bonchev–Trinajstić information content (AvgIpc) is 1.47. The summed E-state index contributed by atoms with van der Waals surface area (Å²) in [4.78, 5) is 63.6. The van der Waals surface area contributed by atoms with Gasteiger partial charge in [-0.25, -0.2) is 19.6 Å². The zero-order chi connectivity index (χ0) is 67.6. The molecule has 18 nitrogen and oxygen atoms in total. The fourth-order valence-electron chi connectivity index (χ4n) is 16.6. The van der Waals surface area contributed by atoms with Gasteiger partial charge in [0, 0.05) is 33.4 Å². The number of fused-ring (bicyclic) bond motifs is 20. The van der Waals surface area contributed by atoms with Crippen LogP contribution in [0.4, 0.5) is 9.59 Å². The Kier molecular flexibility index (Phi) is 14.8. The van der Waals surface area contributed by atoms with E-state index in [0.29, 0.717) is 113 Å². The van der Waals surface area contributed by atoms with E-state index in [1.54, 1.807) is 0 Å². The predicted molar refractivity (Wildman–Crippen MR) is 385 cm³/mol. The van der Waals surface area contributed by atoms with Gasteiger partial charge in [-0.15, -0.1) is 22.1 Å². The SMILES string of the molecule is O=C1N2Cc3cc4c5cc3CN3C(=O)N6Cc7cc8c(cc7CN1C6(c1ccccc1)C23c1ccccc1)OCCOc1ccccc1-c1c2nc(c(c3ccc([n-]3)c(c3nc(c(c6ccc1[n-]6)-c1ccccc1OCCO5)C=C3)-c1ccccc1OCCO4)-c1ccccc1OCCO8)C=C2.[Zn+2]. The van der Waals surface area contributed by atoms with Crippen molar-refractivity contribution in [2.45, 2.75) is 37.5 Å². The molecule has 0 aliphatic carbocycles. The maximum atomic E-state index is 16.7. The van der Waals surface area contributed by atoms with E-state index in [1.165, 1.54) is 0 Å². The molecule has 2 fully saturated rings. The molecule has 0 spiro atoms. The third-order valence-electron chi connectivity index (χ3n) is 20.8. The number of urea groups is 2. The molecule has 2 saturated heterocycles. The Hall–Kier alpha value is -12.1. The van der Waals surface area contributed by atoms with Crippen molar-refractivity contribution in [2.75, 3.05) is 52.9 Å².